The molecule has 1 atom stereocenters. The number of ether oxygens (including phenoxy) is 1. The van der Waals surface area contributed by atoms with E-state index in [1.807, 2.05) is 6.92 Å². The Balaban J connectivity index is 2.78. The van der Waals surface area contributed by atoms with Crippen molar-refractivity contribution in [1.29, 1.82) is 0 Å². The first-order valence-corrected chi connectivity index (χ1v) is 5.82. The molecule has 0 spiro atoms. The zero-order chi connectivity index (χ0) is 12.7. The van der Waals surface area contributed by atoms with Crippen LogP contribution in [0.15, 0.2) is 24.3 Å². The average Bonchev–Trinajstić information content (AvgIpc) is 2.29. The van der Waals surface area contributed by atoms with Crippen molar-refractivity contribution in [2.24, 2.45) is 0 Å². The van der Waals surface area contributed by atoms with Gasteiger partial charge in [0.15, 0.2) is 0 Å². The van der Waals surface area contributed by atoms with Gasteiger partial charge in [0.1, 0.15) is 5.82 Å². The fourth-order valence-corrected chi connectivity index (χ4v) is 1.68. The van der Waals surface area contributed by atoms with Crippen LogP contribution in [0, 0.1) is 5.82 Å². The molecule has 1 rings (SSSR count). The summed E-state index contributed by atoms with van der Waals surface area (Å²) in [5, 5.41) is 3.09. The molecule has 17 heavy (non-hydrogen) atoms. The van der Waals surface area contributed by atoms with E-state index in [0.29, 0.717) is 18.7 Å². The summed E-state index contributed by atoms with van der Waals surface area (Å²) in [7, 11) is 0. The molecule has 94 valence electrons. The lowest BCUT2D eigenvalue weighted by Gasteiger charge is -2.17. The molecule has 0 aliphatic rings. The molecule has 0 heterocycles. The zero-order valence-corrected chi connectivity index (χ0v) is 10.2. The zero-order valence-electron chi connectivity index (χ0n) is 10.2. The van der Waals surface area contributed by atoms with E-state index in [1.165, 1.54) is 6.07 Å². The maximum absolute atomic E-state index is 13.6. The van der Waals surface area contributed by atoms with Crippen LogP contribution < -0.4 is 5.32 Å². The molecular weight excluding hydrogens is 221 g/mol. The van der Waals surface area contributed by atoms with E-state index >= 15 is 0 Å². The highest BCUT2D eigenvalue weighted by atomic mass is 19.1. The first-order valence-electron chi connectivity index (χ1n) is 5.82. The third kappa shape index (κ3) is 4.15. The molecule has 1 aromatic rings. The second-order valence-electron chi connectivity index (χ2n) is 3.64. The Bertz CT molecular complexity index is 368. The number of carbonyl (C=O) groups is 1. The van der Waals surface area contributed by atoms with E-state index in [1.54, 1.807) is 25.1 Å². The monoisotopic (exact) mass is 239 g/mol. The average molecular weight is 239 g/mol. The van der Waals surface area contributed by atoms with Crippen LogP contribution in [0.2, 0.25) is 0 Å². The maximum atomic E-state index is 13.6. The summed E-state index contributed by atoms with van der Waals surface area (Å²) in [6.07, 6.45) is 0.141. The number of carbonyl (C=O) groups excluding carboxylic acids is 1. The van der Waals surface area contributed by atoms with Crippen molar-refractivity contribution in [2.45, 2.75) is 26.3 Å². The molecule has 0 saturated carbocycles. The number of hydrogen-bond donors (Lipinski definition) is 1. The van der Waals surface area contributed by atoms with E-state index in [0.717, 1.165) is 0 Å². The third-order valence-corrected chi connectivity index (χ3v) is 2.41. The molecule has 0 amide bonds. The van der Waals surface area contributed by atoms with Gasteiger partial charge in [-0.15, -0.1) is 0 Å². The van der Waals surface area contributed by atoms with E-state index in [2.05, 4.69) is 5.32 Å². The van der Waals surface area contributed by atoms with Crippen molar-refractivity contribution >= 4 is 5.97 Å². The van der Waals surface area contributed by atoms with Crippen molar-refractivity contribution in [3.8, 4) is 0 Å². The maximum Gasteiger partial charge on any atom is 0.307 e. The van der Waals surface area contributed by atoms with Gasteiger partial charge >= 0.3 is 5.97 Å². The highest BCUT2D eigenvalue weighted by molar-refractivity contribution is 5.70. The molecule has 1 N–H and O–H groups in total. The molecule has 0 aliphatic carbocycles. The second kappa shape index (κ2) is 7.01. The highest BCUT2D eigenvalue weighted by Crippen LogP contribution is 2.20. The van der Waals surface area contributed by atoms with Gasteiger partial charge in [-0.3, -0.25) is 4.79 Å². The van der Waals surface area contributed by atoms with Gasteiger partial charge in [0.05, 0.1) is 13.0 Å². The number of nitrogens with one attached hydrogen (secondary N) is 1. The number of rotatable bonds is 6. The van der Waals surface area contributed by atoms with Gasteiger partial charge in [0, 0.05) is 11.6 Å². The number of benzene rings is 1. The van der Waals surface area contributed by atoms with Crippen LogP contribution in [-0.2, 0) is 9.53 Å². The predicted molar refractivity (Wildman–Crippen MR) is 64.1 cm³/mol. The molecule has 0 fully saturated rings. The second-order valence-corrected chi connectivity index (χ2v) is 3.64. The largest absolute Gasteiger partial charge is 0.466 e. The molecule has 0 aliphatic heterocycles. The minimum absolute atomic E-state index is 0.141. The van der Waals surface area contributed by atoms with Crippen LogP contribution in [-0.4, -0.2) is 19.1 Å². The van der Waals surface area contributed by atoms with Gasteiger partial charge in [-0.1, -0.05) is 25.1 Å². The standard InChI is InChI=1S/C13H18FNO2/c1-3-15-12(9-13(16)17-4-2)10-7-5-6-8-11(10)14/h5-8,12,15H,3-4,9H2,1-2H3. The first-order chi connectivity index (χ1) is 8.19. The summed E-state index contributed by atoms with van der Waals surface area (Å²) >= 11 is 0. The normalized spacial score (nSPS) is 12.2. The van der Waals surface area contributed by atoms with Crippen LogP contribution in [0.4, 0.5) is 4.39 Å². The molecule has 0 bridgehead atoms. The molecule has 0 radical (unpaired) electrons. The van der Waals surface area contributed by atoms with Crippen LogP contribution in [0.3, 0.4) is 0 Å². The quantitative estimate of drug-likeness (QED) is 0.775. The van der Waals surface area contributed by atoms with Crippen LogP contribution in [0.25, 0.3) is 0 Å². The Kier molecular flexibility index (Phi) is 5.63. The van der Waals surface area contributed by atoms with Crippen molar-refractivity contribution in [1.82, 2.24) is 5.32 Å². The summed E-state index contributed by atoms with van der Waals surface area (Å²) < 4.78 is 18.5. The topological polar surface area (TPSA) is 38.3 Å². The molecule has 1 aromatic carbocycles. The fraction of sp³-hybridized carbons (Fsp3) is 0.462. The number of esters is 1. The van der Waals surface area contributed by atoms with Gasteiger partial charge in [-0.05, 0) is 19.5 Å². The lowest BCUT2D eigenvalue weighted by molar-refractivity contribution is -0.143. The van der Waals surface area contributed by atoms with Crippen molar-refractivity contribution in [2.75, 3.05) is 13.2 Å². The van der Waals surface area contributed by atoms with E-state index < -0.39 is 0 Å². The van der Waals surface area contributed by atoms with Gasteiger partial charge in [0.2, 0.25) is 0 Å². The fourth-order valence-electron chi connectivity index (χ4n) is 1.68. The van der Waals surface area contributed by atoms with Crippen molar-refractivity contribution in [3.63, 3.8) is 0 Å². The minimum Gasteiger partial charge on any atom is -0.466 e. The molecule has 4 heteroatoms. The van der Waals surface area contributed by atoms with Gasteiger partial charge in [-0.25, -0.2) is 4.39 Å². The summed E-state index contributed by atoms with van der Waals surface area (Å²) in [6, 6.07) is 6.13. The summed E-state index contributed by atoms with van der Waals surface area (Å²) in [6.45, 7) is 4.68. The van der Waals surface area contributed by atoms with Crippen LogP contribution >= 0.6 is 0 Å². The van der Waals surface area contributed by atoms with Crippen molar-refractivity contribution < 1.29 is 13.9 Å². The molecule has 0 saturated heterocycles. The first kappa shape index (κ1) is 13.6. The van der Waals surface area contributed by atoms with Gasteiger partial charge in [0.25, 0.3) is 0 Å². The summed E-state index contributed by atoms with van der Waals surface area (Å²) in [4.78, 5) is 11.4. The number of halogens is 1. The van der Waals surface area contributed by atoms with Crippen LogP contribution in [0.5, 0.6) is 0 Å². The lowest BCUT2D eigenvalue weighted by atomic mass is 10.0. The Morgan fingerprint density at radius 1 is 1.41 bits per heavy atom. The SMILES string of the molecule is CCNC(CC(=O)OCC)c1ccccc1F. The molecule has 0 aromatic heterocycles. The molecule has 3 nitrogen and oxygen atoms in total. The minimum atomic E-state index is -0.333. The Morgan fingerprint density at radius 3 is 2.71 bits per heavy atom. The lowest BCUT2D eigenvalue weighted by Crippen LogP contribution is -2.25. The Labute approximate surface area is 101 Å². The van der Waals surface area contributed by atoms with Gasteiger partial charge in [-0.2, -0.15) is 0 Å². The smallest absolute Gasteiger partial charge is 0.307 e. The molecule has 1 unspecified atom stereocenters. The van der Waals surface area contributed by atoms with Crippen LogP contribution in [0.1, 0.15) is 31.9 Å². The summed E-state index contributed by atoms with van der Waals surface area (Å²) in [5.41, 5.74) is 0.502. The highest BCUT2D eigenvalue weighted by Gasteiger charge is 2.18. The predicted octanol–water partition coefficient (Wildman–Crippen LogP) is 2.43. The Hall–Kier alpha value is -1.42. The number of hydrogen-bond acceptors (Lipinski definition) is 3. The van der Waals surface area contributed by atoms with Crippen molar-refractivity contribution in [3.05, 3.63) is 35.6 Å². The van der Waals surface area contributed by atoms with E-state index in [-0.39, 0.29) is 24.2 Å². The van der Waals surface area contributed by atoms with E-state index in [4.69, 9.17) is 4.74 Å². The Morgan fingerprint density at radius 2 is 2.12 bits per heavy atom. The van der Waals surface area contributed by atoms with Gasteiger partial charge < -0.3 is 10.1 Å². The summed E-state index contributed by atoms with van der Waals surface area (Å²) in [5.74, 6) is -0.621. The third-order valence-electron chi connectivity index (χ3n) is 2.41. The van der Waals surface area contributed by atoms with E-state index in [9.17, 15) is 9.18 Å². The molecular formula is C13H18FNO2.